The van der Waals surface area contributed by atoms with Crippen molar-refractivity contribution in [2.45, 2.75) is 98.4 Å². The van der Waals surface area contributed by atoms with Gasteiger partial charge in [-0.2, -0.15) is 0 Å². The Labute approximate surface area is 211 Å². The second-order valence-corrected chi connectivity index (χ2v) is 11.0. The molecule has 2 N–H and O–H groups in total. The largest absolute Gasteiger partial charge is 0.444 e. The van der Waals surface area contributed by atoms with Gasteiger partial charge in [-0.25, -0.2) is 4.79 Å². The summed E-state index contributed by atoms with van der Waals surface area (Å²) in [7, 11) is 0. The predicted octanol–water partition coefficient (Wildman–Crippen LogP) is 4.80. The van der Waals surface area contributed by atoms with Crippen molar-refractivity contribution in [3.05, 3.63) is 35.4 Å². The van der Waals surface area contributed by atoms with Gasteiger partial charge in [-0.3, -0.25) is 9.59 Å². The zero-order valence-corrected chi connectivity index (χ0v) is 22.8. The minimum absolute atomic E-state index is 0.258. The van der Waals surface area contributed by atoms with Crippen LogP contribution in [0.2, 0.25) is 0 Å². The van der Waals surface area contributed by atoms with Crippen LogP contribution in [-0.2, 0) is 14.3 Å². The summed E-state index contributed by atoms with van der Waals surface area (Å²) >= 11 is 0. The molecule has 35 heavy (non-hydrogen) atoms. The molecule has 0 saturated carbocycles. The summed E-state index contributed by atoms with van der Waals surface area (Å²) in [6, 6.07) is 5.24. The molecule has 0 radical (unpaired) electrons. The number of nitrogens with one attached hydrogen (secondary N) is 2. The number of nitrogens with zero attached hydrogens (tertiary/aromatic N) is 1. The number of amides is 3. The molecule has 0 aliphatic heterocycles. The fraction of sp³-hybridized carbons (Fsp3) is 0.607. The molecule has 3 amide bonds. The first-order valence-electron chi connectivity index (χ1n) is 12.3. The Balaban J connectivity index is 3.59. The van der Waals surface area contributed by atoms with Crippen molar-refractivity contribution in [3.63, 3.8) is 0 Å². The number of hydrogen-bond donors (Lipinski definition) is 2. The quantitative estimate of drug-likeness (QED) is 0.388. The van der Waals surface area contributed by atoms with Gasteiger partial charge in [0, 0.05) is 17.6 Å². The van der Waals surface area contributed by atoms with Gasteiger partial charge in [-0.15, -0.1) is 6.42 Å². The summed E-state index contributed by atoms with van der Waals surface area (Å²) in [5.74, 6) is 1.68. The SMILES string of the molecule is C#Cc1ccccc1C(C(=O)NCCCC)N(C(=O)C(NC(=O)OC(C)(C)C)C(C)C)C(C)(C)C. The summed E-state index contributed by atoms with van der Waals surface area (Å²) < 4.78 is 5.40. The number of rotatable bonds is 9. The van der Waals surface area contributed by atoms with E-state index in [0.29, 0.717) is 17.7 Å². The fourth-order valence-electron chi connectivity index (χ4n) is 3.69. The number of alkyl carbamates (subject to hydrolysis) is 1. The summed E-state index contributed by atoms with van der Waals surface area (Å²) in [5, 5.41) is 5.69. The minimum Gasteiger partial charge on any atom is -0.444 e. The van der Waals surface area contributed by atoms with E-state index < -0.39 is 29.3 Å². The minimum atomic E-state index is -0.978. The molecule has 0 bridgehead atoms. The van der Waals surface area contributed by atoms with Gasteiger partial charge < -0.3 is 20.3 Å². The highest BCUT2D eigenvalue weighted by atomic mass is 16.6. The Morgan fingerprint density at radius 3 is 2.17 bits per heavy atom. The van der Waals surface area contributed by atoms with E-state index in [1.54, 1.807) is 45.0 Å². The lowest BCUT2D eigenvalue weighted by Crippen LogP contribution is -2.60. The average Bonchev–Trinajstić information content (AvgIpc) is 2.73. The summed E-state index contributed by atoms with van der Waals surface area (Å²) in [5.41, 5.74) is -0.390. The third-order valence-electron chi connectivity index (χ3n) is 5.31. The monoisotopic (exact) mass is 485 g/mol. The van der Waals surface area contributed by atoms with Gasteiger partial charge in [-0.1, -0.05) is 51.3 Å². The molecule has 1 aromatic carbocycles. The first-order valence-corrected chi connectivity index (χ1v) is 12.3. The van der Waals surface area contributed by atoms with Gasteiger partial charge in [0.15, 0.2) is 0 Å². The van der Waals surface area contributed by atoms with Crippen LogP contribution in [-0.4, -0.2) is 46.5 Å². The number of benzene rings is 1. The molecule has 1 aromatic rings. The van der Waals surface area contributed by atoms with Gasteiger partial charge >= 0.3 is 6.09 Å². The van der Waals surface area contributed by atoms with Crippen LogP contribution in [0.4, 0.5) is 4.79 Å². The summed E-state index contributed by atoms with van der Waals surface area (Å²) in [6.07, 6.45) is 6.81. The number of ether oxygens (including phenoxy) is 1. The maximum Gasteiger partial charge on any atom is 0.408 e. The van der Waals surface area contributed by atoms with E-state index >= 15 is 0 Å². The molecular formula is C28H43N3O4. The molecule has 1 rings (SSSR count). The zero-order valence-electron chi connectivity index (χ0n) is 22.8. The maximum absolute atomic E-state index is 14.1. The maximum atomic E-state index is 14.1. The predicted molar refractivity (Wildman–Crippen MR) is 140 cm³/mol. The molecule has 2 atom stereocenters. The average molecular weight is 486 g/mol. The fourth-order valence-corrected chi connectivity index (χ4v) is 3.69. The molecular weight excluding hydrogens is 442 g/mol. The number of terminal acetylenes is 1. The van der Waals surface area contributed by atoms with Gasteiger partial charge in [0.1, 0.15) is 17.7 Å². The van der Waals surface area contributed by atoms with Gasteiger partial charge in [0.2, 0.25) is 11.8 Å². The highest BCUT2D eigenvalue weighted by molar-refractivity contribution is 5.93. The molecule has 194 valence electrons. The molecule has 0 fully saturated rings. The van der Waals surface area contributed by atoms with Crippen molar-refractivity contribution >= 4 is 17.9 Å². The molecule has 7 nitrogen and oxygen atoms in total. The van der Waals surface area contributed by atoms with Crippen molar-refractivity contribution in [1.82, 2.24) is 15.5 Å². The van der Waals surface area contributed by atoms with Crippen molar-refractivity contribution in [3.8, 4) is 12.3 Å². The Morgan fingerprint density at radius 1 is 1.09 bits per heavy atom. The second-order valence-electron chi connectivity index (χ2n) is 11.0. The van der Waals surface area contributed by atoms with E-state index in [4.69, 9.17) is 11.2 Å². The molecule has 0 aliphatic rings. The van der Waals surface area contributed by atoms with E-state index in [0.717, 1.165) is 12.8 Å². The molecule has 0 aliphatic carbocycles. The van der Waals surface area contributed by atoms with Gasteiger partial charge in [-0.05, 0) is 65.5 Å². The van der Waals surface area contributed by atoms with Gasteiger partial charge in [0.05, 0.1) is 0 Å². The second kappa shape index (κ2) is 12.6. The van der Waals surface area contributed by atoms with Crippen LogP contribution in [0.15, 0.2) is 24.3 Å². The van der Waals surface area contributed by atoms with E-state index in [-0.39, 0.29) is 17.7 Å². The lowest BCUT2D eigenvalue weighted by molar-refractivity contribution is -0.149. The molecule has 0 spiro atoms. The third kappa shape index (κ3) is 8.93. The lowest BCUT2D eigenvalue weighted by atomic mass is 9.91. The highest BCUT2D eigenvalue weighted by Gasteiger charge is 2.43. The van der Waals surface area contributed by atoms with Gasteiger partial charge in [0.25, 0.3) is 0 Å². The van der Waals surface area contributed by atoms with E-state index in [2.05, 4.69) is 16.6 Å². The normalized spacial score (nSPS) is 13.4. The van der Waals surface area contributed by atoms with E-state index in [1.807, 2.05) is 41.5 Å². The van der Waals surface area contributed by atoms with Crippen LogP contribution in [0.3, 0.4) is 0 Å². The van der Waals surface area contributed by atoms with Crippen LogP contribution >= 0.6 is 0 Å². The lowest BCUT2D eigenvalue weighted by Gasteiger charge is -2.43. The smallest absolute Gasteiger partial charge is 0.408 e. The number of unbranched alkanes of at least 4 members (excludes halogenated alkanes) is 1. The molecule has 2 unspecified atom stereocenters. The topological polar surface area (TPSA) is 87.7 Å². The zero-order chi connectivity index (χ0) is 27.0. The van der Waals surface area contributed by atoms with E-state index in [9.17, 15) is 14.4 Å². The van der Waals surface area contributed by atoms with Crippen molar-refractivity contribution in [2.24, 2.45) is 5.92 Å². The Hall–Kier alpha value is -3.01. The molecule has 0 aromatic heterocycles. The first kappa shape index (κ1) is 30.0. The van der Waals surface area contributed by atoms with Crippen molar-refractivity contribution < 1.29 is 19.1 Å². The standard InChI is InChI=1S/C28H43N3O4/c1-11-13-18-29-24(32)23(21-17-15-14-16-20(21)12-2)31(27(5,6)7)25(33)22(19(3)4)30-26(34)35-28(8,9)10/h2,14-17,19,22-23H,11,13,18H2,1,3-10H3,(H,29,32)(H,30,34). The molecule has 0 saturated heterocycles. The van der Waals surface area contributed by atoms with Crippen LogP contribution in [0.25, 0.3) is 0 Å². The summed E-state index contributed by atoms with van der Waals surface area (Å²) in [6.45, 7) is 17.1. The third-order valence-corrected chi connectivity index (χ3v) is 5.31. The number of carbonyl (C=O) groups excluding carboxylic acids is 3. The van der Waals surface area contributed by atoms with Crippen molar-refractivity contribution in [2.75, 3.05) is 6.54 Å². The van der Waals surface area contributed by atoms with Crippen LogP contribution < -0.4 is 10.6 Å². The van der Waals surface area contributed by atoms with Crippen LogP contribution in [0.1, 0.15) is 92.3 Å². The van der Waals surface area contributed by atoms with Crippen LogP contribution in [0.5, 0.6) is 0 Å². The number of carbonyl (C=O) groups is 3. The molecule has 0 heterocycles. The first-order chi connectivity index (χ1) is 16.1. The van der Waals surface area contributed by atoms with Crippen molar-refractivity contribution in [1.29, 1.82) is 0 Å². The van der Waals surface area contributed by atoms with E-state index in [1.165, 1.54) is 4.90 Å². The van der Waals surface area contributed by atoms with Crippen LogP contribution in [0, 0.1) is 18.3 Å². The Kier molecular flexibility index (Phi) is 10.8. The Morgan fingerprint density at radius 2 is 1.69 bits per heavy atom. The Bertz CT molecular complexity index is 919. The number of hydrogen-bond acceptors (Lipinski definition) is 4. The summed E-state index contributed by atoms with van der Waals surface area (Å²) in [4.78, 5) is 41.8. The highest BCUT2D eigenvalue weighted by Crippen LogP contribution is 2.32. The molecule has 7 heteroatoms.